The van der Waals surface area contributed by atoms with Gasteiger partial charge in [-0.1, -0.05) is 0 Å². The van der Waals surface area contributed by atoms with Crippen LogP contribution in [0.5, 0.6) is 0 Å². The molecule has 0 aliphatic carbocycles. The number of aliphatic hydroxyl groups is 1. The maximum atomic E-state index is 12.4. The van der Waals surface area contributed by atoms with Crippen LogP contribution in [-0.4, -0.2) is 55.6 Å². The number of benzene rings is 1. The van der Waals surface area contributed by atoms with Crippen LogP contribution >= 0.6 is 0 Å². The first-order valence-corrected chi connectivity index (χ1v) is 6.21. The Labute approximate surface area is 113 Å². The normalized spacial score (nSPS) is 22.4. The third kappa shape index (κ3) is 2.01. The van der Waals surface area contributed by atoms with Gasteiger partial charge in [-0.2, -0.15) is 0 Å². The zero-order valence-electron chi connectivity index (χ0n) is 10.5. The minimum absolute atomic E-state index is 0.0385. The molecule has 0 bridgehead atoms. The number of carboxylic acids is 1. The number of aliphatic carboxylic acids is 1. The van der Waals surface area contributed by atoms with Crippen molar-refractivity contribution in [3.05, 3.63) is 30.1 Å². The van der Waals surface area contributed by atoms with Crippen molar-refractivity contribution in [2.45, 2.75) is 18.6 Å². The van der Waals surface area contributed by atoms with E-state index >= 15 is 0 Å². The second-order valence-electron chi connectivity index (χ2n) is 4.84. The summed E-state index contributed by atoms with van der Waals surface area (Å²) in [5.41, 5.74) is 1.82. The summed E-state index contributed by atoms with van der Waals surface area (Å²) in [6, 6.07) is 3.96. The van der Waals surface area contributed by atoms with Crippen LogP contribution in [0.3, 0.4) is 0 Å². The van der Waals surface area contributed by atoms with Crippen LogP contribution in [0.1, 0.15) is 16.8 Å². The average molecular weight is 275 g/mol. The monoisotopic (exact) mass is 275 g/mol. The van der Waals surface area contributed by atoms with Crippen LogP contribution < -0.4 is 0 Å². The van der Waals surface area contributed by atoms with Crippen LogP contribution in [0, 0.1) is 0 Å². The molecule has 1 aromatic heterocycles. The Bertz CT molecular complexity index is 681. The second kappa shape index (κ2) is 4.61. The third-order valence-corrected chi connectivity index (χ3v) is 3.49. The molecule has 1 fully saturated rings. The van der Waals surface area contributed by atoms with Crippen molar-refractivity contribution in [3.8, 4) is 0 Å². The minimum Gasteiger partial charge on any atom is -0.480 e. The first kappa shape index (κ1) is 12.6. The lowest BCUT2D eigenvalue weighted by molar-refractivity contribution is -0.141. The van der Waals surface area contributed by atoms with Crippen LogP contribution in [-0.2, 0) is 4.79 Å². The largest absolute Gasteiger partial charge is 0.480 e. The van der Waals surface area contributed by atoms with Crippen LogP contribution in [0.15, 0.2) is 24.5 Å². The Kier molecular flexibility index (Phi) is 2.90. The fraction of sp³-hybridized carbons (Fsp3) is 0.308. The number of hydrogen-bond donors (Lipinski definition) is 3. The lowest BCUT2D eigenvalue weighted by Gasteiger charge is -2.21. The Morgan fingerprint density at radius 2 is 2.20 bits per heavy atom. The van der Waals surface area contributed by atoms with Gasteiger partial charge in [0.1, 0.15) is 6.04 Å². The molecule has 0 spiro atoms. The van der Waals surface area contributed by atoms with E-state index in [2.05, 4.69) is 9.97 Å². The summed E-state index contributed by atoms with van der Waals surface area (Å²) in [6.07, 6.45) is 0.794. The van der Waals surface area contributed by atoms with Crippen LogP contribution in [0.4, 0.5) is 0 Å². The number of β-amino-alcohol motifs (C(OH)–C–C–N with tert-alkyl or cyclic N) is 1. The molecule has 1 amide bonds. The molecule has 2 heterocycles. The predicted octanol–water partition coefficient (Wildman–Crippen LogP) is 0.223. The summed E-state index contributed by atoms with van der Waals surface area (Å²) in [4.78, 5) is 31.7. The highest BCUT2D eigenvalue weighted by molar-refractivity contribution is 5.99. The molecule has 1 aliphatic rings. The number of H-pyrrole nitrogens is 1. The van der Waals surface area contributed by atoms with Gasteiger partial charge in [0.25, 0.3) is 5.91 Å². The number of aromatic amines is 1. The van der Waals surface area contributed by atoms with Crippen molar-refractivity contribution < 1.29 is 19.8 Å². The highest BCUT2D eigenvalue weighted by Gasteiger charge is 2.39. The van der Waals surface area contributed by atoms with E-state index < -0.39 is 24.0 Å². The first-order valence-electron chi connectivity index (χ1n) is 6.21. The van der Waals surface area contributed by atoms with Gasteiger partial charge in [0.05, 0.1) is 23.5 Å². The topological polar surface area (TPSA) is 107 Å². The van der Waals surface area contributed by atoms with Crippen molar-refractivity contribution >= 4 is 22.9 Å². The van der Waals surface area contributed by atoms with Crippen molar-refractivity contribution in [3.63, 3.8) is 0 Å². The number of fused-ring (bicyclic) bond motifs is 1. The molecule has 2 atom stereocenters. The fourth-order valence-corrected chi connectivity index (χ4v) is 2.51. The van der Waals surface area contributed by atoms with Crippen LogP contribution in [0.2, 0.25) is 0 Å². The van der Waals surface area contributed by atoms with Crippen LogP contribution in [0.25, 0.3) is 11.0 Å². The maximum Gasteiger partial charge on any atom is 0.326 e. The minimum atomic E-state index is -1.10. The fourth-order valence-electron chi connectivity index (χ4n) is 2.51. The van der Waals surface area contributed by atoms with E-state index in [1.165, 1.54) is 11.2 Å². The van der Waals surface area contributed by atoms with Gasteiger partial charge in [0, 0.05) is 18.5 Å². The highest BCUT2D eigenvalue weighted by Crippen LogP contribution is 2.22. The third-order valence-electron chi connectivity index (χ3n) is 3.49. The molecule has 7 nitrogen and oxygen atoms in total. The van der Waals surface area contributed by atoms with Gasteiger partial charge < -0.3 is 20.1 Å². The molecule has 0 saturated carbocycles. The van der Waals surface area contributed by atoms with Gasteiger partial charge >= 0.3 is 5.97 Å². The van der Waals surface area contributed by atoms with E-state index in [-0.39, 0.29) is 13.0 Å². The Morgan fingerprint density at radius 3 is 2.95 bits per heavy atom. The summed E-state index contributed by atoms with van der Waals surface area (Å²) in [7, 11) is 0. The summed E-state index contributed by atoms with van der Waals surface area (Å²) < 4.78 is 0. The second-order valence-corrected chi connectivity index (χ2v) is 4.84. The van der Waals surface area contributed by atoms with Gasteiger partial charge in [-0.05, 0) is 18.2 Å². The lowest BCUT2D eigenvalue weighted by atomic mass is 10.1. The SMILES string of the molecule is O=C(O)[C@@H]1CC(O)CN1C(=O)c1ccc2nc[nH]c2c1. The first-order chi connectivity index (χ1) is 9.56. The van der Waals surface area contributed by atoms with E-state index in [1.54, 1.807) is 18.2 Å². The zero-order valence-corrected chi connectivity index (χ0v) is 10.5. The van der Waals surface area contributed by atoms with Crippen molar-refractivity contribution in [2.75, 3.05) is 6.54 Å². The molecule has 1 aromatic carbocycles. The molecule has 1 aliphatic heterocycles. The zero-order chi connectivity index (χ0) is 14.3. The van der Waals surface area contributed by atoms with E-state index in [9.17, 15) is 14.7 Å². The van der Waals surface area contributed by atoms with Gasteiger partial charge in [-0.15, -0.1) is 0 Å². The number of aliphatic hydroxyl groups excluding tert-OH is 1. The number of carbonyl (C=O) groups is 2. The predicted molar refractivity (Wildman–Crippen MR) is 69.2 cm³/mol. The highest BCUT2D eigenvalue weighted by atomic mass is 16.4. The number of aromatic nitrogens is 2. The summed E-state index contributed by atoms with van der Waals surface area (Å²) in [5.74, 6) is -1.50. The molecular formula is C13H13N3O4. The number of amides is 1. The Balaban J connectivity index is 1.92. The average Bonchev–Trinajstić information content (AvgIpc) is 3.02. The van der Waals surface area contributed by atoms with Crippen molar-refractivity contribution in [1.29, 1.82) is 0 Å². The molecule has 104 valence electrons. The van der Waals surface area contributed by atoms with E-state index in [4.69, 9.17) is 5.11 Å². The number of carboxylic acid groups (broad SMARTS) is 1. The van der Waals surface area contributed by atoms with Gasteiger partial charge in [0.15, 0.2) is 0 Å². The quantitative estimate of drug-likeness (QED) is 0.727. The standard InChI is InChI=1S/C13H13N3O4/c17-8-4-11(13(19)20)16(5-8)12(18)7-1-2-9-10(3-7)15-6-14-9/h1-3,6,8,11,17H,4-5H2,(H,14,15)(H,19,20)/t8?,11-/m0/s1. The number of carbonyl (C=O) groups excluding carboxylic acids is 1. The Hall–Kier alpha value is -2.41. The molecular weight excluding hydrogens is 262 g/mol. The maximum absolute atomic E-state index is 12.4. The van der Waals surface area contributed by atoms with E-state index in [0.29, 0.717) is 11.1 Å². The summed E-state index contributed by atoms with van der Waals surface area (Å²) in [5, 5.41) is 18.7. The number of hydrogen-bond acceptors (Lipinski definition) is 4. The molecule has 1 unspecified atom stereocenters. The molecule has 3 rings (SSSR count). The van der Waals surface area contributed by atoms with Gasteiger partial charge in [-0.25, -0.2) is 9.78 Å². The van der Waals surface area contributed by atoms with Crippen molar-refractivity contribution in [2.24, 2.45) is 0 Å². The Morgan fingerprint density at radius 1 is 1.40 bits per heavy atom. The number of nitrogens with zero attached hydrogens (tertiary/aromatic N) is 2. The molecule has 2 aromatic rings. The van der Waals surface area contributed by atoms with Gasteiger partial charge in [-0.3, -0.25) is 4.79 Å². The summed E-state index contributed by atoms with van der Waals surface area (Å²) in [6.45, 7) is 0.0385. The van der Waals surface area contributed by atoms with Gasteiger partial charge in [0.2, 0.25) is 0 Å². The lowest BCUT2D eigenvalue weighted by Crippen LogP contribution is -2.40. The molecule has 0 radical (unpaired) electrons. The van der Waals surface area contributed by atoms with E-state index in [1.807, 2.05) is 0 Å². The smallest absolute Gasteiger partial charge is 0.326 e. The number of nitrogens with one attached hydrogen (secondary N) is 1. The van der Waals surface area contributed by atoms with E-state index in [0.717, 1.165) is 5.52 Å². The molecule has 1 saturated heterocycles. The number of rotatable bonds is 2. The number of likely N-dealkylation sites (tertiary alicyclic amines) is 1. The molecule has 3 N–H and O–H groups in total. The summed E-state index contributed by atoms with van der Waals surface area (Å²) >= 11 is 0. The van der Waals surface area contributed by atoms with Crippen molar-refractivity contribution in [1.82, 2.24) is 14.9 Å². The number of imidazole rings is 1. The molecule has 20 heavy (non-hydrogen) atoms. The molecule has 7 heteroatoms.